The van der Waals surface area contributed by atoms with E-state index >= 15 is 0 Å². The Balaban J connectivity index is 2.67. The van der Waals surface area contributed by atoms with E-state index in [1.54, 1.807) is 6.92 Å². The van der Waals surface area contributed by atoms with Crippen molar-refractivity contribution in [3.05, 3.63) is 29.6 Å². The van der Waals surface area contributed by atoms with Gasteiger partial charge in [0.2, 0.25) is 0 Å². The molecule has 0 heterocycles. The van der Waals surface area contributed by atoms with Gasteiger partial charge in [0.05, 0.1) is 6.07 Å². The second kappa shape index (κ2) is 5.04. The maximum absolute atomic E-state index is 13.1. The molecule has 92 valence electrons. The van der Waals surface area contributed by atoms with Gasteiger partial charge in [0.1, 0.15) is 5.82 Å². The lowest BCUT2D eigenvalue weighted by atomic mass is 10.1. The van der Waals surface area contributed by atoms with E-state index in [1.165, 1.54) is 12.1 Å². The van der Waals surface area contributed by atoms with Gasteiger partial charge in [0.15, 0.2) is 5.92 Å². The molecule has 1 aromatic carbocycles. The first-order valence-corrected chi connectivity index (χ1v) is 4.81. The first-order valence-electron chi connectivity index (χ1n) is 4.81. The third-order valence-electron chi connectivity index (χ3n) is 2.23. The monoisotopic (exact) mass is 246 g/mol. The van der Waals surface area contributed by atoms with Gasteiger partial charge < -0.3 is 5.32 Å². The summed E-state index contributed by atoms with van der Waals surface area (Å²) in [6.45, 7) is 0.954. The third-order valence-corrected chi connectivity index (χ3v) is 2.23. The van der Waals surface area contributed by atoms with Gasteiger partial charge in [-0.1, -0.05) is 6.07 Å². The van der Waals surface area contributed by atoms with E-state index < -0.39 is 24.5 Å². The predicted molar refractivity (Wildman–Crippen MR) is 54.8 cm³/mol. The number of nitrogens with zero attached hydrogens (tertiary/aromatic N) is 1. The van der Waals surface area contributed by atoms with Crippen LogP contribution in [0.15, 0.2) is 18.2 Å². The first kappa shape index (κ1) is 13.3. The lowest BCUT2D eigenvalue weighted by Gasteiger charge is -2.14. The maximum Gasteiger partial charge on any atom is 0.406 e. The molecule has 2 nitrogen and oxygen atoms in total. The van der Waals surface area contributed by atoms with Crippen molar-refractivity contribution in [3.8, 4) is 6.07 Å². The zero-order valence-corrected chi connectivity index (χ0v) is 8.98. The summed E-state index contributed by atoms with van der Waals surface area (Å²) in [5.41, 5.74) is 0.626. The van der Waals surface area contributed by atoms with E-state index in [1.807, 2.05) is 0 Å². The number of benzene rings is 1. The smallest absolute Gasteiger partial charge is 0.383 e. The Morgan fingerprint density at radius 2 is 2.06 bits per heavy atom. The molecule has 0 bridgehead atoms. The largest absolute Gasteiger partial charge is 0.406 e. The SMILES string of the molecule is Cc1ccc(NCC(C#N)C(F)(F)F)cc1F. The Kier molecular flexibility index (Phi) is 3.94. The molecule has 0 radical (unpaired) electrons. The van der Waals surface area contributed by atoms with Crippen LogP contribution in [0.25, 0.3) is 0 Å². The van der Waals surface area contributed by atoms with Crippen molar-refractivity contribution in [1.29, 1.82) is 5.26 Å². The number of alkyl halides is 3. The summed E-state index contributed by atoms with van der Waals surface area (Å²) in [6, 6.07) is 5.17. The van der Waals surface area contributed by atoms with Crippen molar-refractivity contribution in [3.63, 3.8) is 0 Å². The molecule has 1 aromatic rings. The summed E-state index contributed by atoms with van der Waals surface area (Å²) in [5.74, 6) is -2.61. The minimum absolute atomic E-state index is 0.220. The Labute approximate surface area is 95.9 Å². The molecule has 17 heavy (non-hydrogen) atoms. The molecule has 0 saturated heterocycles. The fraction of sp³-hybridized carbons (Fsp3) is 0.364. The molecular weight excluding hydrogens is 236 g/mol. The second-order valence-electron chi connectivity index (χ2n) is 3.57. The van der Waals surface area contributed by atoms with Crippen LogP contribution in [0, 0.1) is 30.0 Å². The predicted octanol–water partition coefficient (Wildman–Crippen LogP) is 3.25. The first-order chi connectivity index (χ1) is 7.84. The van der Waals surface area contributed by atoms with Gasteiger partial charge in [-0.2, -0.15) is 18.4 Å². The Hall–Kier alpha value is -1.77. The highest BCUT2D eigenvalue weighted by molar-refractivity contribution is 5.45. The molecule has 0 aliphatic carbocycles. The number of hydrogen-bond donors (Lipinski definition) is 1. The minimum atomic E-state index is -4.58. The van der Waals surface area contributed by atoms with Crippen LogP contribution in [-0.4, -0.2) is 12.7 Å². The number of aryl methyl sites for hydroxylation is 1. The zero-order chi connectivity index (χ0) is 13.1. The molecular formula is C11H10F4N2. The van der Waals surface area contributed by atoms with Crippen molar-refractivity contribution >= 4 is 5.69 Å². The number of anilines is 1. The summed E-state index contributed by atoms with van der Waals surface area (Å²) >= 11 is 0. The Bertz CT molecular complexity index is 434. The minimum Gasteiger partial charge on any atom is -0.383 e. The summed E-state index contributed by atoms with van der Waals surface area (Å²) in [4.78, 5) is 0. The third kappa shape index (κ3) is 3.63. The van der Waals surface area contributed by atoms with Crippen LogP contribution in [0.2, 0.25) is 0 Å². The Morgan fingerprint density at radius 3 is 2.53 bits per heavy atom. The molecule has 1 atom stereocenters. The second-order valence-corrected chi connectivity index (χ2v) is 3.57. The van der Waals surface area contributed by atoms with Gasteiger partial charge in [0.25, 0.3) is 0 Å². The fourth-order valence-electron chi connectivity index (χ4n) is 1.16. The molecule has 0 saturated carbocycles. The molecule has 0 amide bonds. The van der Waals surface area contributed by atoms with Crippen LogP contribution < -0.4 is 5.32 Å². The van der Waals surface area contributed by atoms with Crippen LogP contribution in [0.5, 0.6) is 0 Å². The molecule has 0 spiro atoms. The molecule has 0 fully saturated rings. The number of nitrogens with one attached hydrogen (secondary N) is 1. The quantitative estimate of drug-likeness (QED) is 0.831. The van der Waals surface area contributed by atoms with Gasteiger partial charge in [0, 0.05) is 12.2 Å². The van der Waals surface area contributed by atoms with Crippen molar-refractivity contribution in [1.82, 2.24) is 0 Å². The fourth-order valence-corrected chi connectivity index (χ4v) is 1.16. The van der Waals surface area contributed by atoms with Gasteiger partial charge in [-0.15, -0.1) is 0 Å². The highest BCUT2D eigenvalue weighted by Gasteiger charge is 2.39. The highest BCUT2D eigenvalue weighted by atomic mass is 19.4. The van der Waals surface area contributed by atoms with Crippen LogP contribution in [0.3, 0.4) is 0 Å². The van der Waals surface area contributed by atoms with Crippen molar-refractivity contribution in [2.24, 2.45) is 5.92 Å². The number of halogens is 4. The zero-order valence-electron chi connectivity index (χ0n) is 8.98. The number of hydrogen-bond acceptors (Lipinski definition) is 2. The highest BCUT2D eigenvalue weighted by Crippen LogP contribution is 2.26. The number of nitriles is 1. The van der Waals surface area contributed by atoms with Gasteiger partial charge >= 0.3 is 6.18 Å². The van der Waals surface area contributed by atoms with E-state index in [0.717, 1.165) is 12.1 Å². The Morgan fingerprint density at radius 1 is 1.41 bits per heavy atom. The summed E-state index contributed by atoms with van der Waals surface area (Å²) in [5, 5.41) is 10.7. The van der Waals surface area contributed by atoms with E-state index in [4.69, 9.17) is 5.26 Å². The van der Waals surface area contributed by atoms with Crippen LogP contribution in [0.1, 0.15) is 5.56 Å². The van der Waals surface area contributed by atoms with Crippen molar-refractivity contribution < 1.29 is 17.6 Å². The standard InChI is InChI=1S/C11H10F4N2/c1-7-2-3-9(4-10(7)12)17-6-8(5-16)11(13,14)15/h2-4,8,17H,6H2,1H3. The van der Waals surface area contributed by atoms with Gasteiger partial charge in [-0.3, -0.25) is 0 Å². The van der Waals surface area contributed by atoms with Gasteiger partial charge in [-0.25, -0.2) is 4.39 Å². The normalized spacial score (nSPS) is 12.9. The lowest BCUT2D eigenvalue weighted by molar-refractivity contribution is -0.155. The molecule has 0 aliphatic rings. The van der Waals surface area contributed by atoms with E-state index in [0.29, 0.717) is 5.56 Å². The van der Waals surface area contributed by atoms with E-state index in [9.17, 15) is 17.6 Å². The average Bonchev–Trinajstić information content (AvgIpc) is 2.22. The topological polar surface area (TPSA) is 35.8 Å². The molecule has 0 aliphatic heterocycles. The molecule has 6 heteroatoms. The summed E-state index contributed by atoms with van der Waals surface area (Å²) in [6.07, 6.45) is -4.58. The summed E-state index contributed by atoms with van der Waals surface area (Å²) < 4.78 is 49.8. The molecule has 1 rings (SSSR count). The van der Waals surface area contributed by atoms with E-state index in [2.05, 4.69) is 5.32 Å². The lowest BCUT2D eigenvalue weighted by Crippen LogP contribution is -2.28. The van der Waals surface area contributed by atoms with Crippen molar-refractivity contribution in [2.45, 2.75) is 13.1 Å². The van der Waals surface area contributed by atoms with Crippen LogP contribution in [-0.2, 0) is 0 Å². The van der Waals surface area contributed by atoms with Crippen molar-refractivity contribution in [2.75, 3.05) is 11.9 Å². The maximum atomic E-state index is 13.1. The molecule has 0 aromatic heterocycles. The summed E-state index contributed by atoms with van der Waals surface area (Å²) in [7, 11) is 0. The molecule has 1 N–H and O–H groups in total. The average molecular weight is 246 g/mol. The van der Waals surface area contributed by atoms with Gasteiger partial charge in [-0.05, 0) is 24.6 Å². The van der Waals surface area contributed by atoms with E-state index in [-0.39, 0.29) is 5.69 Å². The van der Waals surface area contributed by atoms with Crippen LogP contribution >= 0.6 is 0 Å². The number of rotatable bonds is 3. The van der Waals surface area contributed by atoms with Crippen LogP contribution in [0.4, 0.5) is 23.2 Å². The molecule has 1 unspecified atom stereocenters.